The predicted octanol–water partition coefficient (Wildman–Crippen LogP) is 3.45. The van der Waals surface area contributed by atoms with Crippen LogP contribution in [0.1, 0.15) is 43.3 Å². The topological polar surface area (TPSA) is 163 Å². The first-order valence-electron chi connectivity index (χ1n) is 11.7. The van der Waals surface area contributed by atoms with Crippen LogP contribution in [0.4, 0.5) is 11.4 Å². The predicted molar refractivity (Wildman–Crippen MR) is 146 cm³/mol. The third-order valence-corrected chi connectivity index (χ3v) is 6.74. The highest BCUT2D eigenvalue weighted by Gasteiger charge is 2.37. The highest BCUT2D eigenvalue weighted by molar-refractivity contribution is 7.09. The fraction of sp³-hybridized carbons (Fsp3) is 0.185. The number of benzene rings is 2. The molecule has 0 bridgehead atoms. The zero-order chi connectivity index (χ0) is 28.1. The molecule has 4 rings (SSSR count). The first kappa shape index (κ1) is 27.2. The Morgan fingerprint density at radius 1 is 1.00 bits per heavy atom. The van der Waals surface area contributed by atoms with Gasteiger partial charge in [-0.15, -0.1) is 0 Å². The number of aromatic nitrogens is 1. The Morgan fingerprint density at radius 2 is 1.62 bits per heavy atom. The molecule has 0 unspecified atom stereocenters. The molecule has 202 valence electrons. The van der Waals surface area contributed by atoms with Gasteiger partial charge in [0.2, 0.25) is 0 Å². The molecule has 0 spiro atoms. The second-order valence-electron chi connectivity index (χ2n) is 8.43. The Bertz CT molecular complexity index is 1480. The number of carbonyl (C=O) groups excluding carboxylic acids is 3. The summed E-state index contributed by atoms with van der Waals surface area (Å²) in [5.41, 5.74) is 12.2. The van der Waals surface area contributed by atoms with Gasteiger partial charge in [0.15, 0.2) is 11.7 Å². The van der Waals surface area contributed by atoms with Crippen LogP contribution in [0.25, 0.3) is 0 Å². The minimum absolute atomic E-state index is 0.0455. The Morgan fingerprint density at radius 3 is 2.13 bits per heavy atom. The van der Waals surface area contributed by atoms with E-state index in [1.807, 2.05) is 12.1 Å². The molecule has 5 N–H and O–H groups in total. The smallest absolute Gasteiger partial charge is 0.273 e. The van der Waals surface area contributed by atoms with Gasteiger partial charge in [-0.1, -0.05) is 12.1 Å². The standard InChI is InChI=1S/C27H27N5O6S/c1-15-4-13-20(38-15)23(26(34)30-14-16-5-9-18(36-2)10-6-16)32(17-7-11-19(37-3)12-8-17)27(35)24-21(28)22(25(29)33)31-39-24/h4-13,23H,14,28H2,1-3H3,(H2,29,33)(H,30,34)/t23-/m0/s1. The van der Waals surface area contributed by atoms with Crippen LogP contribution in [0.5, 0.6) is 11.5 Å². The Hall–Kier alpha value is -4.84. The SMILES string of the molecule is COc1ccc(CNC(=O)[C@H](c2ccc(C)o2)N(C(=O)c2snc(C(N)=O)c2N)c2ccc(OC)cc2)cc1. The molecule has 39 heavy (non-hydrogen) atoms. The Kier molecular flexibility index (Phi) is 8.15. The van der Waals surface area contributed by atoms with Gasteiger partial charge in [-0.25, -0.2) is 0 Å². The molecule has 2 heterocycles. The second-order valence-corrected chi connectivity index (χ2v) is 9.20. The average Bonchev–Trinajstić information content (AvgIpc) is 3.55. The fourth-order valence-corrected chi connectivity index (χ4v) is 4.61. The number of carbonyl (C=O) groups is 3. The third-order valence-electron chi connectivity index (χ3n) is 5.89. The minimum atomic E-state index is -1.24. The molecular formula is C27H27N5O6S. The maximum atomic E-state index is 14.0. The van der Waals surface area contributed by atoms with Crippen LogP contribution in [0.2, 0.25) is 0 Å². The van der Waals surface area contributed by atoms with Gasteiger partial charge >= 0.3 is 0 Å². The summed E-state index contributed by atoms with van der Waals surface area (Å²) in [6.45, 7) is 1.91. The number of hydrogen-bond donors (Lipinski definition) is 3. The van der Waals surface area contributed by atoms with Gasteiger partial charge in [-0.2, -0.15) is 4.37 Å². The summed E-state index contributed by atoms with van der Waals surface area (Å²) < 4.78 is 20.2. The van der Waals surface area contributed by atoms with Crippen molar-refractivity contribution >= 4 is 40.6 Å². The lowest BCUT2D eigenvalue weighted by molar-refractivity contribution is -0.123. The zero-order valence-corrected chi connectivity index (χ0v) is 22.3. The van der Waals surface area contributed by atoms with Crippen LogP contribution in [-0.2, 0) is 11.3 Å². The first-order valence-corrected chi connectivity index (χ1v) is 12.5. The van der Waals surface area contributed by atoms with E-state index in [-0.39, 0.29) is 28.6 Å². The molecule has 2 aromatic carbocycles. The van der Waals surface area contributed by atoms with Crippen molar-refractivity contribution < 1.29 is 28.3 Å². The fourth-order valence-electron chi connectivity index (χ4n) is 3.87. The van der Waals surface area contributed by atoms with E-state index in [0.29, 0.717) is 22.9 Å². The van der Waals surface area contributed by atoms with Crippen LogP contribution in [0.3, 0.4) is 0 Å². The second kappa shape index (κ2) is 11.7. The number of anilines is 2. The summed E-state index contributed by atoms with van der Waals surface area (Å²) >= 11 is 0.721. The van der Waals surface area contributed by atoms with E-state index in [4.69, 9.17) is 25.4 Å². The summed E-state index contributed by atoms with van der Waals surface area (Å²) in [6, 6.07) is 15.9. The number of nitrogens with zero attached hydrogens (tertiary/aromatic N) is 2. The minimum Gasteiger partial charge on any atom is -0.497 e. The van der Waals surface area contributed by atoms with Gasteiger partial charge in [-0.05, 0) is 72.6 Å². The van der Waals surface area contributed by atoms with E-state index >= 15 is 0 Å². The number of rotatable bonds is 10. The van der Waals surface area contributed by atoms with Crippen molar-refractivity contribution in [1.82, 2.24) is 9.69 Å². The van der Waals surface area contributed by atoms with Crippen molar-refractivity contribution in [2.75, 3.05) is 24.9 Å². The average molecular weight is 550 g/mol. The van der Waals surface area contributed by atoms with Crippen LogP contribution >= 0.6 is 11.5 Å². The van der Waals surface area contributed by atoms with Crippen molar-refractivity contribution in [1.29, 1.82) is 0 Å². The van der Waals surface area contributed by atoms with E-state index in [1.54, 1.807) is 62.6 Å². The number of nitrogen functional groups attached to an aromatic ring is 1. The summed E-state index contributed by atoms with van der Waals surface area (Å²) in [5.74, 6) is -0.0368. The number of hydrogen-bond acceptors (Lipinski definition) is 9. The van der Waals surface area contributed by atoms with Crippen LogP contribution in [0.15, 0.2) is 65.1 Å². The highest BCUT2D eigenvalue weighted by Crippen LogP contribution is 2.34. The van der Waals surface area contributed by atoms with Gasteiger partial charge in [0.1, 0.15) is 27.9 Å². The normalized spacial score (nSPS) is 11.5. The molecule has 1 atom stereocenters. The van der Waals surface area contributed by atoms with Gasteiger partial charge < -0.3 is 30.7 Å². The number of amides is 3. The molecule has 11 nitrogen and oxygen atoms in total. The van der Waals surface area contributed by atoms with Crippen molar-refractivity contribution in [2.45, 2.75) is 19.5 Å². The van der Waals surface area contributed by atoms with Crippen molar-refractivity contribution in [3.63, 3.8) is 0 Å². The first-order chi connectivity index (χ1) is 18.7. The lowest BCUT2D eigenvalue weighted by Crippen LogP contribution is -2.43. The molecule has 0 saturated heterocycles. The molecule has 0 fully saturated rings. The highest BCUT2D eigenvalue weighted by atomic mass is 32.1. The third kappa shape index (κ3) is 5.85. The number of nitrogens with two attached hydrogens (primary N) is 2. The Labute approximate surface area is 228 Å². The quantitative estimate of drug-likeness (QED) is 0.271. The summed E-state index contributed by atoms with van der Waals surface area (Å²) in [5, 5.41) is 2.89. The molecule has 0 saturated carbocycles. The van der Waals surface area contributed by atoms with E-state index in [9.17, 15) is 14.4 Å². The van der Waals surface area contributed by atoms with Gasteiger partial charge in [0.25, 0.3) is 17.7 Å². The lowest BCUT2D eigenvalue weighted by Gasteiger charge is -2.30. The number of furan rings is 1. The van der Waals surface area contributed by atoms with E-state index < -0.39 is 23.8 Å². The largest absolute Gasteiger partial charge is 0.497 e. The van der Waals surface area contributed by atoms with Gasteiger partial charge in [-0.3, -0.25) is 19.3 Å². The maximum Gasteiger partial charge on any atom is 0.273 e. The van der Waals surface area contributed by atoms with Crippen LogP contribution in [-0.4, -0.2) is 36.3 Å². The number of primary amides is 1. The molecule has 4 aromatic rings. The zero-order valence-electron chi connectivity index (χ0n) is 21.5. The van der Waals surface area contributed by atoms with E-state index in [2.05, 4.69) is 9.69 Å². The molecular weight excluding hydrogens is 522 g/mol. The number of nitrogens with one attached hydrogen (secondary N) is 1. The summed E-state index contributed by atoms with van der Waals surface area (Å²) in [4.78, 5) is 40.8. The summed E-state index contributed by atoms with van der Waals surface area (Å²) in [7, 11) is 3.09. The van der Waals surface area contributed by atoms with E-state index in [1.165, 1.54) is 12.0 Å². The van der Waals surface area contributed by atoms with E-state index in [0.717, 1.165) is 17.1 Å². The number of methoxy groups -OCH3 is 2. The molecule has 3 amide bonds. The van der Waals surface area contributed by atoms with Crippen molar-refractivity contribution in [3.05, 3.63) is 88.3 Å². The summed E-state index contributed by atoms with van der Waals surface area (Å²) in [6.07, 6.45) is 0. The molecule has 0 radical (unpaired) electrons. The van der Waals surface area contributed by atoms with Crippen LogP contribution in [0, 0.1) is 6.92 Å². The number of aryl methyl sites for hydroxylation is 1. The molecule has 12 heteroatoms. The van der Waals surface area contributed by atoms with Crippen LogP contribution < -0.4 is 31.2 Å². The Balaban J connectivity index is 1.77. The van der Waals surface area contributed by atoms with Gasteiger partial charge in [0, 0.05) is 12.2 Å². The maximum absolute atomic E-state index is 14.0. The van der Waals surface area contributed by atoms with Gasteiger partial charge in [0.05, 0.1) is 19.9 Å². The lowest BCUT2D eigenvalue weighted by atomic mass is 10.1. The molecule has 0 aliphatic carbocycles. The molecule has 2 aromatic heterocycles. The number of ether oxygens (including phenoxy) is 2. The molecule has 0 aliphatic rings. The van der Waals surface area contributed by atoms with Crippen molar-refractivity contribution in [3.8, 4) is 11.5 Å². The monoisotopic (exact) mass is 549 g/mol. The van der Waals surface area contributed by atoms with Crippen molar-refractivity contribution in [2.24, 2.45) is 5.73 Å². The molecule has 0 aliphatic heterocycles.